The molecule has 5 heteroatoms. The van der Waals surface area contributed by atoms with Gasteiger partial charge in [-0.1, -0.05) is 6.92 Å². The van der Waals surface area contributed by atoms with E-state index in [4.69, 9.17) is 5.73 Å². The fraction of sp³-hybridized carbons (Fsp3) is 0.800. The number of nitrogens with zero attached hydrogens (tertiary/aromatic N) is 1. The predicted octanol–water partition coefficient (Wildman–Crippen LogP) is -0.682. The summed E-state index contributed by atoms with van der Waals surface area (Å²) in [6, 6.07) is -0.412. The van der Waals surface area contributed by atoms with Gasteiger partial charge < -0.3 is 16.0 Å². The molecule has 2 unspecified atom stereocenters. The van der Waals surface area contributed by atoms with E-state index in [0.717, 1.165) is 0 Å². The molecule has 0 bridgehead atoms. The normalized spacial score (nSPS) is 24.7. The third-order valence-electron chi connectivity index (χ3n) is 2.60. The highest BCUT2D eigenvalue weighted by Gasteiger charge is 2.26. The van der Waals surface area contributed by atoms with E-state index in [0.29, 0.717) is 26.1 Å². The van der Waals surface area contributed by atoms with E-state index in [1.807, 2.05) is 6.92 Å². The Labute approximate surface area is 90.0 Å². The third-order valence-corrected chi connectivity index (χ3v) is 2.60. The first-order valence-electron chi connectivity index (χ1n) is 5.32. The van der Waals surface area contributed by atoms with E-state index in [1.54, 1.807) is 11.8 Å². The fourth-order valence-corrected chi connectivity index (χ4v) is 1.63. The van der Waals surface area contributed by atoms with Crippen LogP contribution in [0.5, 0.6) is 0 Å². The minimum Gasteiger partial charge on any atom is -0.345 e. The SMILES string of the molecule is CC(CN)CN1CCC(=O)NC(C)C1=O. The van der Waals surface area contributed by atoms with Crippen molar-refractivity contribution in [1.82, 2.24) is 10.2 Å². The van der Waals surface area contributed by atoms with Gasteiger partial charge in [0.2, 0.25) is 11.8 Å². The number of rotatable bonds is 3. The smallest absolute Gasteiger partial charge is 0.244 e. The maximum Gasteiger partial charge on any atom is 0.244 e. The van der Waals surface area contributed by atoms with Gasteiger partial charge in [-0.3, -0.25) is 9.59 Å². The summed E-state index contributed by atoms with van der Waals surface area (Å²) in [5.41, 5.74) is 5.52. The van der Waals surface area contributed by atoms with E-state index in [2.05, 4.69) is 5.32 Å². The van der Waals surface area contributed by atoms with Crippen LogP contribution in [0.15, 0.2) is 0 Å². The molecule has 5 nitrogen and oxygen atoms in total. The summed E-state index contributed by atoms with van der Waals surface area (Å²) in [7, 11) is 0. The molecular weight excluding hydrogens is 194 g/mol. The van der Waals surface area contributed by atoms with E-state index >= 15 is 0 Å². The van der Waals surface area contributed by atoms with Gasteiger partial charge in [-0.15, -0.1) is 0 Å². The van der Waals surface area contributed by atoms with Gasteiger partial charge in [-0.05, 0) is 19.4 Å². The molecule has 0 aromatic heterocycles. The van der Waals surface area contributed by atoms with Crippen LogP contribution in [0.4, 0.5) is 0 Å². The van der Waals surface area contributed by atoms with Gasteiger partial charge in [0.1, 0.15) is 6.04 Å². The topological polar surface area (TPSA) is 75.4 Å². The molecule has 0 aromatic rings. The quantitative estimate of drug-likeness (QED) is 0.652. The van der Waals surface area contributed by atoms with E-state index < -0.39 is 6.04 Å². The van der Waals surface area contributed by atoms with Gasteiger partial charge in [0.15, 0.2) is 0 Å². The highest BCUT2D eigenvalue weighted by atomic mass is 16.2. The zero-order valence-corrected chi connectivity index (χ0v) is 9.32. The summed E-state index contributed by atoms with van der Waals surface area (Å²) in [5, 5.41) is 2.65. The van der Waals surface area contributed by atoms with Gasteiger partial charge in [-0.25, -0.2) is 0 Å². The molecule has 1 rings (SSSR count). The molecule has 0 radical (unpaired) electrons. The molecule has 0 spiro atoms. The molecule has 1 aliphatic heterocycles. The second-order valence-corrected chi connectivity index (χ2v) is 4.16. The highest BCUT2D eigenvalue weighted by molar-refractivity contribution is 5.89. The van der Waals surface area contributed by atoms with Crippen LogP contribution in [0, 0.1) is 5.92 Å². The van der Waals surface area contributed by atoms with E-state index in [1.165, 1.54) is 0 Å². The number of carbonyl (C=O) groups is 2. The molecule has 1 saturated heterocycles. The largest absolute Gasteiger partial charge is 0.345 e. The number of hydrogen-bond donors (Lipinski definition) is 2. The number of hydrogen-bond acceptors (Lipinski definition) is 3. The maximum atomic E-state index is 11.8. The molecular formula is C10H19N3O2. The molecule has 86 valence electrons. The van der Waals surface area contributed by atoms with Gasteiger partial charge in [-0.2, -0.15) is 0 Å². The number of nitrogens with one attached hydrogen (secondary N) is 1. The number of carbonyl (C=O) groups excluding carboxylic acids is 2. The maximum absolute atomic E-state index is 11.8. The Bertz CT molecular complexity index is 255. The van der Waals surface area contributed by atoms with Crippen molar-refractivity contribution in [1.29, 1.82) is 0 Å². The Morgan fingerprint density at radius 1 is 1.60 bits per heavy atom. The minimum atomic E-state index is -0.412. The molecule has 0 saturated carbocycles. The molecule has 2 amide bonds. The standard InChI is InChI=1S/C10H19N3O2/c1-7(5-11)6-13-4-3-9(14)12-8(2)10(13)15/h7-8H,3-6,11H2,1-2H3,(H,12,14). The Balaban J connectivity index is 2.62. The lowest BCUT2D eigenvalue weighted by Crippen LogP contribution is -2.44. The van der Waals surface area contributed by atoms with Crippen LogP contribution in [-0.2, 0) is 9.59 Å². The van der Waals surface area contributed by atoms with E-state index in [-0.39, 0.29) is 17.7 Å². The first kappa shape index (κ1) is 12.0. The van der Waals surface area contributed by atoms with E-state index in [9.17, 15) is 9.59 Å². The first-order chi connectivity index (χ1) is 7.04. The van der Waals surface area contributed by atoms with Crippen molar-refractivity contribution in [2.24, 2.45) is 11.7 Å². The van der Waals surface area contributed by atoms with Gasteiger partial charge in [0.25, 0.3) is 0 Å². The number of amides is 2. The zero-order valence-electron chi connectivity index (χ0n) is 9.32. The molecule has 0 aromatic carbocycles. The van der Waals surface area contributed by atoms with Crippen molar-refractivity contribution >= 4 is 11.8 Å². The lowest BCUT2D eigenvalue weighted by Gasteiger charge is -2.24. The van der Waals surface area contributed by atoms with Crippen LogP contribution in [0.1, 0.15) is 20.3 Å². The molecule has 1 aliphatic rings. The number of nitrogens with two attached hydrogens (primary N) is 1. The summed E-state index contributed by atoms with van der Waals surface area (Å²) >= 11 is 0. The lowest BCUT2D eigenvalue weighted by molar-refractivity contribution is -0.133. The van der Waals surface area contributed by atoms with Crippen molar-refractivity contribution in [3.05, 3.63) is 0 Å². The van der Waals surface area contributed by atoms with Gasteiger partial charge in [0.05, 0.1) is 0 Å². The van der Waals surface area contributed by atoms with Crippen LogP contribution < -0.4 is 11.1 Å². The van der Waals surface area contributed by atoms with Crippen LogP contribution in [0.3, 0.4) is 0 Å². The summed E-state index contributed by atoms with van der Waals surface area (Å²) < 4.78 is 0. The Hall–Kier alpha value is -1.10. The Morgan fingerprint density at radius 3 is 2.87 bits per heavy atom. The second-order valence-electron chi connectivity index (χ2n) is 4.16. The first-order valence-corrected chi connectivity index (χ1v) is 5.32. The monoisotopic (exact) mass is 213 g/mol. The minimum absolute atomic E-state index is 0.0128. The third kappa shape index (κ3) is 3.20. The second kappa shape index (κ2) is 5.11. The summed E-state index contributed by atoms with van der Waals surface area (Å²) in [5.74, 6) is 0.203. The van der Waals surface area contributed by atoms with Crippen LogP contribution in [-0.4, -0.2) is 42.4 Å². The molecule has 15 heavy (non-hydrogen) atoms. The van der Waals surface area contributed by atoms with Crippen molar-refractivity contribution in [2.75, 3.05) is 19.6 Å². The molecule has 3 N–H and O–H groups in total. The van der Waals surface area contributed by atoms with Crippen molar-refractivity contribution in [2.45, 2.75) is 26.3 Å². The van der Waals surface area contributed by atoms with Crippen LogP contribution >= 0.6 is 0 Å². The van der Waals surface area contributed by atoms with Crippen molar-refractivity contribution < 1.29 is 9.59 Å². The van der Waals surface area contributed by atoms with Gasteiger partial charge in [0, 0.05) is 19.5 Å². The van der Waals surface area contributed by atoms with Crippen LogP contribution in [0.25, 0.3) is 0 Å². The van der Waals surface area contributed by atoms with Crippen molar-refractivity contribution in [3.63, 3.8) is 0 Å². The summed E-state index contributed by atoms with van der Waals surface area (Å²) in [6.07, 6.45) is 0.382. The fourth-order valence-electron chi connectivity index (χ4n) is 1.63. The summed E-state index contributed by atoms with van der Waals surface area (Å²) in [4.78, 5) is 24.8. The van der Waals surface area contributed by atoms with Crippen LogP contribution in [0.2, 0.25) is 0 Å². The average Bonchev–Trinajstić information content (AvgIpc) is 2.31. The van der Waals surface area contributed by atoms with Gasteiger partial charge >= 0.3 is 0 Å². The summed E-state index contributed by atoms with van der Waals surface area (Å²) in [6.45, 7) is 5.40. The molecule has 2 atom stereocenters. The zero-order chi connectivity index (χ0) is 11.4. The lowest BCUT2D eigenvalue weighted by atomic mass is 10.1. The molecule has 0 aliphatic carbocycles. The average molecular weight is 213 g/mol. The Kier molecular flexibility index (Phi) is 4.08. The highest BCUT2D eigenvalue weighted by Crippen LogP contribution is 2.06. The molecule has 1 fully saturated rings. The predicted molar refractivity (Wildman–Crippen MR) is 57.0 cm³/mol. The van der Waals surface area contributed by atoms with Crippen molar-refractivity contribution in [3.8, 4) is 0 Å². The Morgan fingerprint density at radius 2 is 2.27 bits per heavy atom. The molecule has 1 heterocycles.